The maximum Gasteiger partial charge on any atom is 0.271 e. The van der Waals surface area contributed by atoms with Crippen LogP contribution in [0.25, 0.3) is 0 Å². The molecule has 12 heteroatoms. The van der Waals surface area contributed by atoms with E-state index in [0.29, 0.717) is 10.8 Å². The summed E-state index contributed by atoms with van der Waals surface area (Å²) in [6, 6.07) is 10.5. The van der Waals surface area contributed by atoms with Crippen molar-refractivity contribution < 1.29 is 22.9 Å². The van der Waals surface area contributed by atoms with Crippen molar-refractivity contribution in [3.8, 4) is 5.75 Å². The van der Waals surface area contributed by atoms with E-state index < -0.39 is 14.9 Å². The predicted octanol–water partition coefficient (Wildman–Crippen LogP) is 3.64. The standard InChI is InChI=1S/C19H21Cl2N3O6S/c1-31(28,29)23(17-13-14(24(26)27)8-9-15(17)20)11-4-7-19(25)22-10-12-30-18-6-3-2-5-16(18)21/h2-3,5-6,8-9,13H,4,7,10-12H2,1H3,(H,22,25). The smallest absolute Gasteiger partial charge is 0.271 e. The van der Waals surface area contributed by atoms with E-state index in [0.717, 1.165) is 16.6 Å². The van der Waals surface area contributed by atoms with E-state index in [1.807, 2.05) is 0 Å². The molecule has 1 N–H and O–H groups in total. The monoisotopic (exact) mass is 489 g/mol. The maximum atomic E-state index is 12.2. The zero-order chi connectivity index (χ0) is 23.0. The molecule has 0 saturated carbocycles. The van der Waals surface area contributed by atoms with Crippen LogP contribution in [0.2, 0.25) is 10.0 Å². The number of non-ortho nitro benzene ring substituents is 1. The number of sulfonamides is 1. The van der Waals surface area contributed by atoms with Gasteiger partial charge in [0.2, 0.25) is 15.9 Å². The number of nitro groups is 1. The lowest BCUT2D eigenvalue weighted by Gasteiger charge is -2.23. The molecular weight excluding hydrogens is 469 g/mol. The molecule has 31 heavy (non-hydrogen) atoms. The van der Waals surface area contributed by atoms with Crippen molar-refractivity contribution in [1.82, 2.24) is 5.32 Å². The van der Waals surface area contributed by atoms with E-state index in [2.05, 4.69) is 5.32 Å². The van der Waals surface area contributed by atoms with E-state index in [1.54, 1.807) is 24.3 Å². The van der Waals surface area contributed by atoms with Gasteiger partial charge in [-0.15, -0.1) is 0 Å². The number of amides is 1. The molecule has 0 heterocycles. The number of hydrogen-bond donors (Lipinski definition) is 1. The Morgan fingerprint density at radius 3 is 2.55 bits per heavy atom. The lowest BCUT2D eigenvalue weighted by atomic mass is 10.2. The molecule has 0 saturated heterocycles. The highest BCUT2D eigenvalue weighted by Gasteiger charge is 2.22. The molecular formula is C19H21Cl2N3O6S. The molecule has 0 radical (unpaired) electrons. The van der Waals surface area contributed by atoms with Gasteiger partial charge < -0.3 is 10.1 Å². The summed E-state index contributed by atoms with van der Waals surface area (Å²) in [5.74, 6) is 0.220. The molecule has 0 spiro atoms. The van der Waals surface area contributed by atoms with Crippen LogP contribution in [0.1, 0.15) is 12.8 Å². The molecule has 9 nitrogen and oxygen atoms in total. The van der Waals surface area contributed by atoms with Gasteiger partial charge in [-0.3, -0.25) is 19.2 Å². The molecule has 0 atom stereocenters. The van der Waals surface area contributed by atoms with Crippen molar-refractivity contribution in [2.45, 2.75) is 12.8 Å². The number of ether oxygens (including phenoxy) is 1. The van der Waals surface area contributed by atoms with Gasteiger partial charge in [-0.1, -0.05) is 35.3 Å². The second-order valence-electron chi connectivity index (χ2n) is 6.46. The minimum Gasteiger partial charge on any atom is -0.490 e. The average molecular weight is 490 g/mol. The number of benzene rings is 2. The van der Waals surface area contributed by atoms with E-state index in [-0.39, 0.29) is 54.8 Å². The quantitative estimate of drug-likeness (QED) is 0.292. The molecule has 0 aromatic heterocycles. The Bertz CT molecular complexity index is 1050. The Morgan fingerprint density at radius 1 is 1.19 bits per heavy atom. The largest absolute Gasteiger partial charge is 0.490 e. The van der Waals surface area contributed by atoms with E-state index in [9.17, 15) is 23.3 Å². The van der Waals surface area contributed by atoms with Gasteiger partial charge in [0.25, 0.3) is 5.69 Å². The van der Waals surface area contributed by atoms with Crippen molar-refractivity contribution in [3.63, 3.8) is 0 Å². The number of nitrogens with one attached hydrogen (secondary N) is 1. The third kappa shape index (κ3) is 7.57. The molecule has 0 aliphatic rings. The Hall–Kier alpha value is -2.56. The van der Waals surface area contributed by atoms with Gasteiger partial charge in [-0.25, -0.2) is 8.42 Å². The number of carbonyl (C=O) groups is 1. The fourth-order valence-electron chi connectivity index (χ4n) is 2.66. The van der Waals surface area contributed by atoms with Gasteiger partial charge in [0, 0.05) is 25.1 Å². The third-order valence-corrected chi connectivity index (χ3v) is 5.90. The summed E-state index contributed by atoms with van der Waals surface area (Å²) in [6.45, 7) is 0.397. The lowest BCUT2D eigenvalue weighted by molar-refractivity contribution is -0.384. The van der Waals surface area contributed by atoms with Crippen molar-refractivity contribution in [1.29, 1.82) is 0 Å². The normalized spacial score (nSPS) is 11.1. The first kappa shape index (κ1) is 24.7. The highest BCUT2D eigenvalue weighted by molar-refractivity contribution is 7.92. The summed E-state index contributed by atoms with van der Waals surface area (Å²) in [7, 11) is -3.77. The van der Waals surface area contributed by atoms with Gasteiger partial charge in [0.05, 0.1) is 33.5 Å². The van der Waals surface area contributed by atoms with E-state index >= 15 is 0 Å². The molecule has 0 unspecified atom stereocenters. The van der Waals surface area contributed by atoms with Crippen LogP contribution in [0.5, 0.6) is 5.75 Å². The Labute approximate surface area is 190 Å². The molecule has 2 rings (SSSR count). The Balaban J connectivity index is 1.88. The lowest BCUT2D eigenvalue weighted by Crippen LogP contribution is -2.33. The van der Waals surface area contributed by atoms with E-state index in [1.165, 1.54) is 12.1 Å². The summed E-state index contributed by atoms with van der Waals surface area (Å²) in [4.78, 5) is 22.4. The third-order valence-electron chi connectivity index (χ3n) is 4.09. The van der Waals surface area contributed by atoms with Gasteiger partial charge >= 0.3 is 0 Å². The van der Waals surface area contributed by atoms with E-state index in [4.69, 9.17) is 27.9 Å². The number of nitrogens with zero attached hydrogens (tertiary/aromatic N) is 2. The highest BCUT2D eigenvalue weighted by atomic mass is 35.5. The molecule has 0 aliphatic carbocycles. The number of carbonyl (C=O) groups excluding carboxylic acids is 1. The maximum absolute atomic E-state index is 12.2. The van der Waals surface area contributed by atoms with Gasteiger partial charge in [-0.05, 0) is 24.6 Å². The van der Waals surface area contributed by atoms with Crippen LogP contribution in [-0.4, -0.2) is 45.2 Å². The van der Waals surface area contributed by atoms with Crippen LogP contribution in [0.15, 0.2) is 42.5 Å². The average Bonchev–Trinajstić information content (AvgIpc) is 2.69. The summed E-state index contributed by atoms with van der Waals surface area (Å²) < 4.78 is 30.8. The second-order valence-corrected chi connectivity index (χ2v) is 9.18. The SMILES string of the molecule is CS(=O)(=O)N(CCCC(=O)NCCOc1ccccc1Cl)c1cc([N+](=O)[O-])ccc1Cl. The Morgan fingerprint density at radius 2 is 1.90 bits per heavy atom. The topological polar surface area (TPSA) is 119 Å². The van der Waals surface area contributed by atoms with Crippen LogP contribution in [0.4, 0.5) is 11.4 Å². The van der Waals surface area contributed by atoms with Crippen molar-refractivity contribution in [2.75, 3.05) is 30.3 Å². The van der Waals surface area contributed by atoms with Gasteiger partial charge in [0.1, 0.15) is 12.4 Å². The molecule has 2 aromatic rings. The second kappa shape index (κ2) is 11.2. The fraction of sp³-hybridized carbons (Fsp3) is 0.316. The fourth-order valence-corrected chi connectivity index (χ4v) is 4.08. The summed E-state index contributed by atoms with van der Waals surface area (Å²) in [5.41, 5.74) is -0.295. The zero-order valence-electron chi connectivity index (χ0n) is 16.6. The van der Waals surface area contributed by atoms with Crippen molar-refractivity contribution in [2.24, 2.45) is 0 Å². The number of halogens is 2. The Kier molecular flexibility index (Phi) is 8.90. The predicted molar refractivity (Wildman–Crippen MR) is 119 cm³/mol. The minimum absolute atomic E-state index is 0.00749. The first-order chi connectivity index (χ1) is 14.6. The number of nitro benzene ring substituents is 1. The molecule has 1 amide bonds. The molecule has 0 fully saturated rings. The van der Waals surface area contributed by atoms with Gasteiger partial charge in [0.15, 0.2) is 0 Å². The van der Waals surface area contributed by atoms with Crippen LogP contribution in [0.3, 0.4) is 0 Å². The molecule has 168 valence electrons. The first-order valence-electron chi connectivity index (χ1n) is 9.15. The zero-order valence-corrected chi connectivity index (χ0v) is 18.9. The van der Waals surface area contributed by atoms with Crippen LogP contribution >= 0.6 is 23.2 Å². The number of rotatable bonds is 11. The minimum atomic E-state index is -3.77. The van der Waals surface area contributed by atoms with Crippen LogP contribution in [0, 0.1) is 10.1 Å². The molecule has 0 bridgehead atoms. The summed E-state index contributed by atoms with van der Waals surface area (Å²) in [5, 5.41) is 14.2. The number of anilines is 1. The van der Waals surface area contributed by atoms with Gasteiger partial charge in [-0.2, -0.15) is 0 Å². The number of hydrogen-bond acceptors (Lipinski definition) is 6. The van der Waals surface area contributed by atoms with Crippen molar-refractivity contribution in [3.05, 3.63) is 62.6 Å². The van der Waals surface area contributed by atoms with Crippen LogP contribution in [-0.2, 0) is 14.8 Å². The molecule has 0 aliphatic heterocycles. The first-order valence-corrected chi connectivity index (χ1v) is 11.8. The van der Waals surface area contributed by atoms with Crippen LogP contribution < -0.4 is 14.4 Å². The summed E-state index contributed by atoms with van der Waals surface area (Å²) in [6.07, 6.45) is 1.20. The van der Waals surface area contributed by atoms with Crippen molar-refractivity contribution >= 4 is 50.5 Å². The molecule has 2 aromatic carbocycles. The summed E-state index contributed by atoms with van der Waals surface area (Å²) >= 11 is 12.0. The number of para-hydroxylation sites is 1. The highest BCUT2D eigenvalue weighted by Crippen LogP contribution is 2.31.